The van der Waals surface area contributed by atoms with E-state index in [-0.39, 0.29) is 16.6 Å². The molecule has 172 valence electrons. The van der Waals surface area contributed by atoms with Crippen molar-refractivity contribution in [3.05, 3.63) is 132 Å². The van der Waals surface area contributed by atoms with Crippen LogP contribution in [0.15, 0.2) is 131 Å². The Balaban J connectivity index is 1.58. The fraction of sp³-hybridized carbons (Fsp3) is 0. The normalized spacial score (nSPS) is 14.7. The molecular weight excluding hydrogens is 460 g/mol. The second-order valence-corrected chi connectivity index (χ2v) is 9.26. The van der Waals surface area contributed by atoms with E-state index in [0.29, 0.717) is 22.5 Å². The van der Waals surface area contributed by atoms with Crippen LogP contribution in [-0.4, -0.2) is 20.0 Å². The quantitative estimate of drug-likeness (QED) is 0.278. The summed E-state index contributed by atoms with van der Waals surface area (Å²) in [4.78, 5) is 13.5. The van der Waals surface area contributed by atoms with E-state index in [1.165, 1.54) is 17.1 Å². The Hall–Kier alpha value is -4.49. The van der Waals surface area contributed by atoms with Crippen molar-refractivity contribution in [1.29, 1.82) is 0 Å². The lowest BCUT2D eigenvalue weighted by Gasteiger charge is -2.12. The van der Waals surface area contributed by atoms with E-state index in [1.807, 2.05) is 48.5 Å². The molecule has 0 aromatic heterocycles. The highest BCUT2D eigenvalue weighted by molar-refractivity contribution is 7.87. The standard InChI is InChI=1S/C28H20N2O4S/c31-28-25(27(21-12-4-1-5-13-21)29-30(28)23-15-6-2-7-16-23)20-22-14-10-11-19-26(22)34-35(32,33)24-17-8-3-9-18-24/h1-20H/b25-20-. The van der Waals surface area contributed by atoms with Crippen LogP contribution in [0.2, 0.25) is 0 Å². The van der Waals surface area contributed by atoms with E-state index in [1.54, 1.807) is 60.7 Å². The van der Waals surface area contributed by atoms with Crippen LogP contribution < -0.4 is 9.19 Å². The molecule has 7 heteroatoms. The Kier molecular flexibility index (Phi) is 5.99. The first-order valence-corrected chi connectivity index (χ1v) is 12.3. The predicted molar refractivity (Wildman–Crippen MR) is 136 cm³/mol. The van der Waals surface area contributed by atoms with Crippen LogP contribution in [0.5, 0.6) is 5.75 Å². The molecule has 1 heterocycles. The number of hydrogen-bond donors (Lipinski definition) is 0. The molecule has 0 saturated heterocycles. The minimum Gasteiger partial charge on any atom is -0.378 e. The van der Waals surface area contributed by atoms with Crippen LogP contribution >= 0.6 is 0 Å². The van der Waals surface area contributed by atoms with Crippen LogP contribution in [0.3, 0.4) is 0 Å². The van der Waals surface area contributed by atoms with E-state index in [9.17, 15) is 13.2 Å². The van der Waals surface area contributed by atoms with Gasteiger partial charge in [-0.3, -0.25) is 4.79 Å². The number of nitrogens with zero attached hydrogens (tertiary/aromatic N) is 2. The summed E-state index contributed by atoms with van der Waals surface area (Å²) in [6, 6.07) is 33.1. The number of hydrogen-bond acceptors (Lipinski definition) is 5. The summed E-state index contributed by atoms with van der Waals surface area (Å²) < 4.78 is 31.2. The van der Waals surface area contributed by atoms with Gasteiger partial charge in [0, 0.05) is 11.1 Å². The Bertz CT molecular complexity index is 1530. The molecule has 0 spiro atoms. The van der Waals surface area contributed by atoms with Crippen LogP contribution in [0.1, 0.15) is 11.1 Å². The zero-order valence-electron chi connectivity index (χ0n) is 18.5. The maximum Gasteiger partial charge on any atom is 0.339 e. The molecule has 4 aromatic rings. The average molecular weight is 481 g/mol. The number of amides is 1. The zero-order valence-corrected chi connectivity index (χ0v) is 19.3. The summed E-state index contributed by atoms with van der Waals surface area (Å²) in [5, 5.41) is 5.96. The van der Waals surface area contributed by atoms with Gasteiger partial charge in [0.15, 0.2) is 0 Å². The minimum atomic E-state index is -4.06. The van der Waals surface area contributed by atoms with Crippen molar-refractivity contribution >= 4 is 33.5 Å². The highest BCUT2D eigenvalue weighted by atomic mass is 32.2. The molecule has 0 N–H and O–H groups in total. The summed E-state index contributed by atoms with van der Waals surface area (Å²) in [7, 11) is -4.06. The van der Waals surface area contributed by atoms with Crippen molar-refractivity contribution in [3.8, 4) is 5.75 Å². The van der Waals surface area contributed by atoms with Crippen molar-refractivity contribution in [1.82, 2.24) is 0 Å². The van der Waals surface area contributed by atoms with Gasteiger partial charge in [0.1, 0.15) is 16.4 Å². The number of para-hydroxylation sites is 2. The van der Waals surface area contributed by atoms with E-state index in [0.717, 1.165) is 5.56 Å². The molecule has 0 atom stereocenters. The molecule has 6 nitrogen and oxygen atoms in total. The third-order valence-electron chi connectivity index (χ3n) is 5.38. The smallest absolute Gasteiger partial charge is 0.339 e. The Morgan fingerprint density at radius 3 is 1.97 bits per heavy atom. The molecule has 35 heavy (non-hydrogen) atoms. The van der Waals surface area contributed by atoms with Gasteiger partial charge in [-0.2, -0.15) is 18.5 Å². The van der Waals surface area contributed by atoms with Gasteiger partial charge in [0.2, 0.25) is 0 Å². The molecule has 5 rings (SSSR count). The summed E-state index contributed by atoms with van der Waals surface area (Å²) in [6.07, 6.45) is 1.62. The lowest BCUT2D eigenvalue weighted by molar-refractivity contribution is -0.114. The van der Waals surface area contributed by atoms with Crippen LogP contribution in [0.25, 0.3) is 6.08 Å². The van der Waals surface area contributed by atoms with Crippen LogP contribution in [0.4, 0.5) is 5.69 Å². The van der Waals surface area contributed by atoms with Gasteiger partial charge < -0.3 is 4.18 Å². The second kappa shape index (κ2) is 9.40. The molecule has 0 aliphatic carbocycles. The summed E-state index contributed by atoms with van der Waals surface area (Å²) in [5.41, 5.74) is 2.65. The monoisotopic (exact) mass is 480 g/mol. The molecule has 4 aromatic carbocycles. The third kappa shape index (κ3) is 4.62. The Morgan fingerprint density at radius 2 is 1.29 bits per heavy atom. The van der Waals surface area contributed by atoms with Crippen molar-refractivity contribution < 1.29 is 17.4 Å². The largest absolute Gasteiger partial charge is 0.378 e. The fourth-order valence-electron chi connectivity index (χ4n) is 3.68. The van der Waals surface area contributed by atoms with Crippen LogP contribution in [-0.2, 0) is 14.9 Å². The SMILES string of the molecule is O=C1/C(=C\c2ccccc2OS(=O)(=O)c2ccccc2)C(c2ccccc2)=NN1c1ccccc1. The first kappa shape index (κ1) is 22.3. The predicted octanol–water partition coefficient (Wildman–Crippen LogP) is 5.29. The number of benzene rings is 4. The first-order valence-electron chi connectivity index (χ1n) is 10.9. The van der Waals surface area contributed by atoms with Gasteiger partial charge in [-0.05, 0) is 36.4 Å². The number of carbonyl (C=O) groups is 1. The maximum absolute atomic E-state index is 13.5. The summed E-state index contributed by atoms with van der Waals surface area (Å²) in [5.74, 6) is -0.210. The van der Waals surface area contributed by atoms with Gasteiger partial charge in [-0.25, -0.2) is 0 Å². The summed E-state index contributed by atoms with van der Waals surface area (Å²) in [6.45, 7) is 0. The molecule has 1 amide bonds. The van der Waals surface area contributed by atoms with Gasteiger partial charge in [-0.1, -0.05) is 84.9 Å². The molecule has 0 unspecified atom stereocenters. The lowest BCUT2D eigenvalue weighted by Crippen LogP contribution is -2.21. The molecule has 1 aliphatic rings. The molecule has 1 aliphatic heterocycles. The molecule has 0 radical (unpaired) electrons. The highest BCUT2D eigenvalue weighted by Crippen LogP contribution is 2.31. The number of rotatable bonds is 6. The van der Waals surface area contributed by atoms with Crippen molar-refractivity contribution in [2.24, 2.45) is 5.10 Å². The Labute approximate surface area is 203 Å². The third-order valence-corrected chi connectivity index (χ3v) is 6.62. The number of hydrazone groups is 1. The van der Waals surface area contributed by atoms with Crippen molar-refractivity contribution in [2.75, 3.05) is 5.01 Å². The average Bonchev–Trinajstić information content (AvgIpc) is 3.22. The van der Waals surface area contributed by atoms with E-state index in [4.69, 9.17) is 4.18 Å². The van der Waals surface area contributed by atoms with Gasteiger partial charge >= 0.3 is 10.1 Å². The highest BCUT2D eigenvalue weighted by Gasteiger charge is 2.32. The van der Waals surface area contributed by atoms with E-state index in [2.05, 4.69) is 5.10 Å². The minimum absolute atomic E-state index is 0.0428. The van der Waals surface area contributed by atoms with Gasteiger partial charge in [-0.15, -0.1) is 0 Å². The van der Waals surface area contributed by atoms with E-state index >= 15 is 0 Å². The number of carbonyl (C=O) groups excluding carboxylic acids is 1. The van der Waals surface area contributed by atoms with Crippen molar-refractivity contribution in [3.63, 3.8) is 0 Å². The second-order valence-electron chi connectivity index (χ2n) is 7.71. The summed E-state index contributed by atoms with van der Waals surface area (Å²) >= 11 is 0. The molecule has 0 bridgehead atoms. The topological polar surface area (TPSA) is 76.0 Å². The maximum atomic E-state index is 13.5. The van der Waals surface area contributed by atoms with Crippen LogP contribution in [0, 0.1) is 0 Å². The van der Waals surface area contributed by atoms with Gasteiger partial charge in [0.05, 0.1) is 11.3 Å². The Morgan fingerprint density at radius 1 is 0.714 bits per heavy atom. The lowest BCUT2D eigenvalue weighted by atomic mass is 10.00. The molecular formula is C28H20N2O4S. The van der Waals surface area contributed by atoms with Gasteiger partial charge in [0.25, 0.3) is 5.91 Å². The molecule has 0 saturated carbocycles. The van der Waals surface area contributed by atoms with E-state index < -0.39 is 10.1 Å². The molecule has 0 fully saturated rings. The first-order chi connectivity index (χ1) is 17.0. The fourth-order valence-corrected chi connectivity index (χ4v) is 4.66. The zero-order chi connectivity index (χ0) is 24.3. The van der Waals surface area contributed by atoms with Crippen molar-refractivity contribution in [2.45, 2.75) is 4.90 Å². The number of anilines is 1.